The number of thioether (sulfide) groups is 1. The predicted molar refractivity (Wildman–Crippen MR) is 86.3 cm³/mol. The standard InChI is InChI=1S/C14H20N2O2S2/c1-3-10-4-5-11(18-10)12(17)16-8-6-14(20-2,7-9-16)13(15)19/h4-5H,3,6-9H2,1-2H3,(H2,15,19). The van der Waals surface area contributed by atoms with Crippen molar-refractivity contribution in [1.29, 1.82) is 0 Å². The molecule has 0 bridgehead atoms. The molecule has 0 aliphatic carbocycles. The number of carbonyl (C=O) groups is 1. The molecular weight excluding hydrogens is 292 g/mol. The Bertz CT molecular complexity index is 505. The predicted octanol–water partition coefficient (Wildman–Crippen LogP) is 2.47. The number of carbonyl (C=O) groups excluding carboxylic acids is 1. The molecule has 1 aliphatic heterocycles. The van der Waals surface area contributed by atoms with Crippen LogP contribution in [-0.4, -0.2) is 39.9 Å². The first-order chi connectivity index (χ1) is 9.52. The molecule has 0 radical (unpaired) electrons. The molecule has 1 amide bonds. The molecule has 1 saturated heterocycles. The third-order valence-corrected chi connectivity index (χ3v) is 5.85. The zero-order valence-electron chi connectivity index (χ0n) is 11.8. The van der Waals surface area contributed by atoms with Crippen molar-refractivity contribution in [3.8, 4) is 0 Å². The number of hydrogen-bond donors (Lipinski definition) is 1. The summed E-state index contributed by atoms with van der Waals surface area (Å²) in [6, 6.07) is 3.61. The minimum atomic E-state index is -0.163. The van der Waals surface area contributed by atoms with Crippen molar-refractivity contribution in [3.05, 3.63) is 23.7 Å². The lowest BCUT2D eigenvalue weighted by Gasteiger charge is -2.39. The highest BCUT2D eigenvalue weighted by Gasteiger charge is 2.38. The quantitative estimate of drug-likeness (QED) is 0.866. The number of likely N-dealkylation sites (tertiary alicyclic amines) is 1. The minimum Gasteiger partial charge on any atom is -0.456 e. The SMILES string of the molecule is CCc1ccc(C(=O)N2CCC(SC)(C(N)=S)CC2)o1. The van der Waals surface area contributed by atoms with E-state index in [1.807, 2.05) is 24.1 Å². The minimum absolute atomic E-state index is 0.0395. The van der Waals surface area contributed by atoms with Crippen LogP contribution in [0.5, 0.6) is 0 Å². The van der Waals surface area contributed by atoms with E-state index in [4.69, 9.17) is 22.4 Å². The number of furan rings is 1. The van der Waals surface area contributed by atoms with Gasteiger partial charge in [0.2, 0.25) is 0 Å². The highest BCUT2D eigenvalue weighted by atomic mass is 32.2. The lowest BCUT2D eigenvalue weighted by Crippen LogP contribution is -2.50. The maximum Gasteiger partial charge on any atom is 0.289 e. The maximum absolute atomic E-state index is 12.4. The van der Waals surface area contributed by atoms with Gasteiger partial charge in [0.1, 0.15) is 5.76 Å². The Morgan fingerprint density at radius 1 is 1.50 bits per heavy atom. The zero-order valence-corrected chi connectivity index (χ0v) is 13.5. The summed E-state index contributed by atoms with van der Waals surface area (Å²) in [5.41, 5.74) is 5.86. The summed E-state index contributed by atoms with van der Waals surface area (Å²) >= 11 is 6.87. The molecule has 1 aromatic rings. The Kier molecular flexibility index (Phi) is 4.75. The van der Waals surface area contributed by atoms with Crippen LogP contribution >= 0.6 is 24.0 Å². The van der Waals surface area contributed by atoms with Gasteiger partial charge in [-0.1, -0.05) is 19.1 Å². The van der Waals surface area contributed by atoms with E-state index < -0.39 is 0 Å². The molecule has 110 valence electrons. The lowest BCUT2D eigenvalue weighted by atomic mass is 9.95. The number of hydrogen-bond acceptors (Lipinski definition) is 4. The number of aryl methyl sites for hydroxylation is 1. The summed E-state index contributed by atoms with van der Waals surface area (Å²) in [4.78, 5) is 14.7. The van der Waals surface area contributed by atoms with Gasteiger partial charge in [0.25, 0.3) is 5.91 Å². The van der Waals surface area contributed by atoms with Crippen LogP contribution in [-0.2, 0) is 6.42 Å². The molecule has 0 atom stereocenters. The molecule has 0 spiro atoms. The second kappa shape index (κ2) is 6.18. The topological polar surface area (TPSA) is 59.5 Å². The van der Waals surface area contributed by atoms with Crippen LogP contribution in [0.2, 0.25) is 0 Å². The largest absolute Gasteiger partial charge is 0.456 e. The smallest absolute Gasteiger partial charge is 0.289 e. The second-order valence-corrected chi connectivity index (χ2v) is 6.60. The van der Waals surface area contributed by atoms with Crippen LogP contribution in [0.4, 0.5) is 0 Å². The van der Waals surface area contributed by atoms with E-state index in [-0.39, 0.29) is 10.7 Å². The highest BCUT2D eigenvalue weighted by molar-refractivity contribution is 8.02. The number of thiocarbonyl (C=S) groups is 1. The maximum atomic E-state index is 12.4. The first-order valence-corrected chi connectivity index (χ1v) is 8.39. The number of rotatable bonds is 4. The monoisotopic (exact) mass is 312 g/mol. The van der Waals surface area contributed by atoms with E-state index >= 15 is 0 Å². The van der Waals surface area contributed by atoms with Crippen molar-refractivity contribution in [1.82, 2.24) is 4.90 Å². The van der Waals surface area contributed by atoms with E-state index in [2.05, 4.69) is 0 Å². The van der Waals surface area contributed by atoms with E-state index in [1.165, 1.54) is 0 Å². The fraction of sp³-hybridized carbons (Fsp3) is 0.571. The van der Waals surface area contributed by atoms with E-state index in [0.29, 0.717) is 23.8 Å². The molecule has 2 rings (SSSR count). The summed E-state index contributed by atoms with van der Waals surface area (Å²) in [6.07, 6.45) is 4.42. The van der Waals surface area contributed by atoms with Gasteiger partial charge in [0.05, 0.1) is 9.74 Å². The molecule has 2 heterocycles. The summed E-state index contributed by atoms with van der Waals surface area (Å²) in [7, 11) is 0. The Labute approximate surface area is 129 Å². The van der Waals surface area contributed by atoms with Gasteiger partial charge < -0.3 is 15.1 Å². The fourth-order valence-electron chi connectivity index (χ4n) is 2.46. The van der Waals surface area contributed by atoms with E-state index in [0.717, 1.165) is 25.0 Å². The summed E-state index contributed by atoms with van der Waals surface area (Å²) in [6.45, 7) is 3.33. The Hall–Kier alpha value is -1.01. The van der Waals surface area contributed by atoms with Crippen LogP contribution < -0.4 is 5.73 Å². The Morgan fingerprint density at radius 3 is 2.60 bits per heavy atom. The summed E-state index contributed by atoms with van der Waals surface area (Å²) in [5, 5.41) is 0. The second-order valence-electron chi connectivity index (χ2n) is 4.97. The molecular formula is C14H20N2O2S2. The van der Waals surface area contributed by atoms with Gasteiger partial charge in [0, 0.05) is 19.5 Å². The van der Waals surface area contributed by atoms with Crippen molar-refractivity contribution in [2.24, 2.45) is 5.73 Å². The molecule has 4 nitrogen and oxygen atoms in total. The molecule has 0 unspecified atom stereocenters. The van der Waals surface area contributed by atoms with Crippen LogP contribution in [0.15, 0.2) is 16.5 Å². The van der Waals surface area contributed by atoms with E-state index in [9.17, 15) is 4.79 Å². The van der Waals surface area contributed by atoms with Crippen LogP contribution in [0.1, 0.15) is 36.1 Å². The molecule has 2 N–H and O–H groups in total. The van der Waals surface area contributed by atoms with Crippen molar-refractivity contribution in [3.63, 3.8) is 0 Å². The van der Waals surface area contributed by atoms with Crippen molar-refractivity contribution in [2.45, 2.75) is 30.9 Å². The molecule has 6 heteroatoms. The number of nitrogens with zero attached hydrogens (tertiary/aromatic N) is 1. The van der Waals surface area contributed by atoms with Crippen LogP contribution in [0, 0.1) is 0 Å². The van der Waals surface area contributed by atoms with Crippen molar-refractivity contribution >= 4 is 34.9 Å². The van der Waals surface area contributed by atoms with Gasteiger partial charge in [-0.05, 0) is 31.2 Å². The fourth-order valence-corrected chi connectivity index (χ4v) is 3.71. The van der Waals surface area contributed by atoms with Crippen molar-refractivity contribution in [2.75, 3.05) is 19.3 Å². The number of piperidine rings is 1. The molecule has 1 aliphatic rings. The van der Waals surface area contributed by atoms with Gasteiger partial charge in [-0.25, -0.2) is 0 Å². The number of nitrogens with two attached hydrogens (primary N) is 1. The lowest BCUT2D eigenvalue weighted by molar-refractivity contribution is 0.0685. The molecule has 1 fully saturated rings. The van der Waals surface area contributed by atoms with Gasteiger partial charge >= 0.3 is 0 Å². The van der Waals surface area contributed by atoms with Crippen LogP contribution in [0.3, 0.4) is 0 Å². The first-order valence-electron chi connectivity index (χ1n) is 6.75. The summed E-state index contributed by atoms with van der Waals surface area (Å²) in [5.74, 6) is 1.23. The normalized spacial score (nSPS) is 18.0. The van der Waals surface area contributed by atoms with Gasteiger partial charge in [-0.15, -0.1) is 0 Å². The van der Waals surface area contributed by atoms with Gasteiger partial charge in [-0.3, -0.25) is 4.79 Å². The summed E-state index contributed by atoms with van der Waals surface area (Å²) < 4.78 is 5.36. The number of amides is 1. The van der Waals surface area contributed by atoms with Crippen molar-refractivity contribution < 1.29 is 9.21 Å². The molecule has 0 saturated carbocycles. The Balaban J connectivity index is 2.03. The molecule has 0 aromatic carbocycles. The van der Waals surface area contributed by atoms with Gasteiger partial charge in [-0.2, -0.15) is 11.8 Å². The average molecular weight is 312 g/mol. The molecule has 1 aromatic heterocycles. The zero-order chi connectivity index (χ0) is 14.8. The Morgan fingerprint density at radius 2 is 2.15 bits per heavy atom. The first kappa shape index (κ1) is 15.4. The van der Waals surface area contributed by atoms with Crippen LogP contribution in [0.25, 0.3) is 0 Å². The highest BCUT2D eigenvalue weighted by Crippen LogP contribution is 2.35. The van der Waals surface area contributed by atoms with E-state index in [1.54, 1.807) is 17.8 Å². The van der Waals surface area contributed by atoms with Gasteiger partial charge in [0.15, 0.2) is 5.76 Å². The molecule has 20 heavy (non-hydrogen) atoms. The third kappa shape index (κ3) is 2.86. The average Bonchev–Trinajstić information content (AvgIpc) is 2.95. The third-order valence-electron chi connectivity index (χ3n) is 3.92.